The predicted octanol–water partition coefficient (Wildman–Crippen LogP) is 0.708. The third-order valence-corrected chi connectivity index (χ3v) is 4.62. The molecule has 2 heterocycles. The first-order valence-electron chi connectivity index (χ1n) is 8.29. The van der Waals surface area contributed by atoms with Crippen LogP contribution in [0.15, 0.2) is 18.2 Å². The van der Waals surface area contributed by atoms with Crippen LogP contribution in [-0.2, 0) is 16.1 Å². The van der Waals surface area contributed by atoms with E-state index in [1.807, 2.05) is 6.92 Å². The van der Waals surface area contributed by atoms with Crippen LogP contribution in [0.1, 0.15) is 53.5 Å². The van der Waals surface area contributed by atoms with Crippen LogP contribution in [0.3, 0.4) is 0 Å². The fourth-order valence-electron chi connectivity index (χ4n) is 3.13. The average Bonchev–Trinajstić information content (AvgIpc) is 2.85. The number of imide groups is 2. The lowest BCUT2D eigenvalue weighted by Crippen LogP contribution is -2.54. The standard InChI is InChI=1S/C17H18N4O4S.CH4/c1-2-18-17(26)19-8-9-4-3-5-10-13(9)16(25)21(15(10)24)11-6-7-12(22)20-14(11)23;/h3-5,11H,2,6-8H2,1H3,(H2,18,19,26)(H,20,22,23);1H4. The SMILES string of the molecule is C.CCNC(=S)NCc1cccc2c1C(=O)N(C1CCC(=O)NC1=O)C2=O. The van der Waals surface area contributed by atoms with Crippen LogP contribution in [0.2, 0.25) is 0 Å². The highest BCUT2D eigenvalue weighted by atomic mass is 32.1. The van der Waals surface area contributed by atoms with Crippen molar-refractivity contribution in [1.82, 2.24) is 20.9 Å². The normalized spacial score (nSPS) is 18.6. The lowest BCUT2D eigenvalue weighted by atomic mass is 10.0. The molecule has 0 aromatic heterocycles. The summed E-state index contributed by atoms with van der Waals surface area (Å²) in [5, 5.41) is 8.56. The fourth-order valence-corrected chi connectivity index (χ4v) is 3.35. The number of hydrogen-bond acceptors (Lipinski definition) is 5. The van der Waals surface area contributed by atoms with E-state index >= 15 is 0 Å². The Morgan fingerprint density at radius 1 is 1.22 bits per heavy atom. The molecule has 0 bridgehead atoms. The number of amides is 4. The van der Waals surface area contributed by atoms with E-state index in [4.69, 9.17) is 12.2 Å². The van der Waals surface area contributed by atoms with E-state index in [0.717, 1.165) is 4.90 Å². The third kappa shape index (κ3) is 3.82. The first kappa shape index (κ1) is 20.5. The monoisotopic (exact) mass is 390 g/mol. The molecule has 1 atom stereocenters. The lowest BCUT2D eigenvalue weighted by Gasteiger charge is -2.27. The Bertz CT molecular complexity index is 824. The summed E-state index contributed by atoms with van der Waals surface area (Å²) in [6.45, 7) is 2.85. The molecular formula is C18H22N4O4S. The van der Waals surface area contributed by atoms with Gasteiger partial charge in [0, 0.05) is 19.5 Å². The largest absolute Gasteiger partial charge is 0.363 e. The Morgan fingerprint density at radius 3 is 2.63 bits per heavy atom. The summed E-state index contributed by atoms with van der Waals surface area (Å²) in [7, 11) is 0. The lowest BCUT2D eigenvalue weighted by molar-refractivity contribution is -0.136. The van der Waals surface area contributed by atoms with E-state index < -0.39 is 29.7 Å². The van der Waals surface area contributed by atoms with Crippen molar-refractivity contribution < 1.29 is 19.2 Å². The van der Waals surface area contributed by atoms with Gasteiger partial charge in [-0.15, -0.1) is 0 Å². The molecule has 4 amide bonds. The molecule has 8 nitrogen and oxygen atoms in total. The molecule has 1 aromatic rings. The molecule has 0 radical (unpaired) electrons. The number of carbonyl (C=O) groups excluding carboxylic acids is 4. The summed E-state index contributed by atoms with van der Waals surface area (Å²) in [5.41, 5.74) is 1.15. The molecule has 2 aliphatic heterocycles. The van der Waals surface area contributed by atoms with Gasteiger partial charge < -0.3 is 10.6 Å². The molecule has 3 N–H and O–H groups in total. The minimum atomic E-state index is -0.969. The van der Waals surface area contributed by atoms with Crippen molar-refractivity contribution in [2.75, 3.05) is 6.54 Å². The van der Waals surface area contributed by atoms with Gasteiger partial charge in [-0.2, -0.15) is 0 Å². The molecule has 9 heteroatoms. The van der Waals surface area contributed by atoms with Crippen LogP contribution < -0.4 is 16.0 Å². The first-order valence-corrected chi connectivity index (χ1v) is 8.70. The van der Waals surface area contributed by atoms with E-state index in [1.165, 1.54) is 0 Å². The van der Waals surface area contributed by atoms with Gasteiger partial charge >= 0.3 is 0 Å². The number of nitrogens with one attached hydrogen (secondary N) is 3. The molecule has 144 valence electrons. The zero-order valence-corrected chi connectivity index (χ0v) is 14.9. The zero-order valence-electron chi connectivity index (χ0n) is 14.1. The van der Waals surface area contributed by atoms with Gasteiger partial charge in [-0.3, -0.25) is 29.4 Å². The van der Waals surface area contributed by atoms with E-state index in [0.29, 0.717) is 17.2 Å². The van der Waals surface area contributed by atoms with Crippen molar-refractivity contribution in [2.24, 2.45) is 0 Å². The maximum Gasteiger partial charge on any atom is 0.262 e. The second-order valence-corrected chi connectivity index (χ2v) is 6.41. The Hall–Kier alpha value is -2.81. The van der Waals surface area contributed by atoms with Gasteiger partial charge in [0.15, 0.2) is 5.11 Å². The number of nitrogens with zero attached hydrogens (tertiary/aromatic N) is 1. The van der Waals surface area contributed by atoms with Crippen molar-refractivity contribution >= 4 is 41.0 Å². The number of piperidine rings is 1. The van der Waals surface area contributed by atoms with Crippen LogP contribution in [0.4, 0.5) is 0 Å². The Labute approximate surface area is 162 Å². The Morgan fingerprint density at radius 2 is 1.96 bits per heavy atom. The summed E-state index contributed by atoms with van der Waals surface area (Å²) in [6.07, 6.45) is 0.226. The third-order valence-electron chi connectivity index (χ3n) is 4.33. The smallest absolute Gasteiger partial charge is 0.262 e. The highest BCUT2D eigenvalue weighted by Gasteiger charge is 2.45. The van der Waals surface area contributed by atoms with Crippen LogP contribution >= 0.6 is 12.2 Å². The van der Waals surface area contributed by atoms with Gasteiger partial charge in [0.05, 0.1) is 11.1 Å². The quantitative estimate of drug-likeness (QED) is 0.513. The predicted molar refractivity (Wildman–Crippen MR) is 103 cm³/mol. The van der Waals surface area contributed by atoms with E-state index in [2.05, 4.69) is 16.0 Å². The second kappa shape index (κ2) is 8.26. The molecule has 1 unspecified atom stereocenters. The summed E-state index contributed by atoms with van der Waals surface area (Å²) in [6, 6.07) is 4.02. The molecule has 1 fully saturated rings. The number of benzene rings is 1. The van der Waals surface area contributed by atoms with Crippen molar-refractivity contribution in [1.29, 1.82) is 0 Å². The van der Waals surface area contributed by atoms with Gasteiger partial charge in [0.25, 0.3) is 11.8 Å². The maximum atomic E-state index is 12.9. The van der Waals surface area contributed by atoms with Gasteiger partial charge in [-0.1, -0.05) is 19.6 Å². The number of hydrogen-bond donors (Lipinski definition) is 3. The number of carbonyl (C=O) groups is 4. The van der Waals surface area contributed by atoms with Gasteiger partial charge in [0.2, 0.25) is 11.8 Å². The number of fused-ring (bicyclic) bond motifs is 1. The summed E-state index contributed by atoms with van der Waals surface area (Å²) in [4.78, 5) is 50.0. The van der Waals surface area contributed by atoms with Crippen molar-refractivity contribution in [2.45, 2.75) is 39.8 Å². The van der Waals surface area contributed by atoms with Crippen LogP contribution in [0.25, 0.3) is 0 Å². The zero-order chi connectivity index (χ0) is 18.8. The second-order valence-electron chi connectivity index (χ2n) is 6.00. The van der Waals surface area contributed by atoms with Crippen molar-refractivity contribution in [3.05, 3.63) is 34.9 Å². The van der Waals surface area contributed by atoms with E-state index in [1.54, 1.807) is 18.2 Å². The van der Waals surface area contributed by atoms with Gasteiger partial charge in [-0.05, 0) is 37.2 Å². The molecular weight excluding hydrogens is 368 g/mol. The van der Waals surface area contributed by atoms with Crippen molar-refractivity contribution in [3.8, 4) is 0 Å². The molecule has 1 aromatic carbocycles. The highest BCUT2D eigenvalue weighted by molar-refractivity contribution is 7.80. The van der Waals surface area contributed by atoms with Crippen LogP contribution in [-0.4, -0.2) is 46.2 Å². The van der Waals surface area contributed by atoms with E-state index in [-0.39, 0.29) is 37.9 Å². The highest BCUT2D eigenvalue weighted by Crippen LogP contribution is 2.29. The summed E-state index contributed by atoms with van der Waals surface area (Å²) < 4.78 is 0. The van der Waals surface area contributed by atoms with Crippen LogP contribution in [0.5, 0.6) is 0 Å². The number of rotatable bonds is 4. The molecule has 0 aliphatic carbocycles. The molecule has 0 saturated carbocycles. The average molecular weight is 390 g/mol. The van der Waals surface area contributed by atoms with Gasteiger partial charge in [0.1, 0.15) is 6.04 Å². The molecule has 27 heavy (non-hydrogen) atoms. The first-order chi connectivity index (χ1) is 12.4. The molecule has 0 spiro atoms. The minimum Gasteiger partial charge on any atom is -0.363 e. The molecule has 3 rings (SSSR count). The fraction of sp³-hybridized carbons (Fsp3) is 0.389. The van der Waals surface area contributed by atoms with Crippen LogP contribution in [0, 0.1) is 0 Å². The molecule has 1 saturated heterocycles. The minimum absolute atomic E-state index is 0. The summed E-state index contributed by atoms with van der Waals surface area (Å²) >= 11 is 5.12. The topological polar surface area (TPSA) is 108 Å². The summed E-state index contributed by atoms with van der Waals surface area (Å²) in [5.74, 6) is -2.06. The number of thiocarbonyl (C=S) groups is 1. The van der Waals surface area contributed by atoms with Gasteiger partial charge in [-0.25, -0.2) is 0 Å². The van der Waals surface area contributed by atoms with Crippen molar-refractivity contribution in [3.63, 3.8) is 0 Å². The van der Waals surface area contributed by atoms with E-state index in [9.17, 15) is 19.2 Å². The Kier molecular flexibility index (Phi) is 6.27. The Balaban J connectivity index is 0.00000261. The molecule has 2 aliphatic rings. The maximum absolute atomic E-state index is 12.9.